The third-order valence-electron chi connectivity index (χ3n) is 7.43. The molecule has 0 bridgehead atoms. The van der Waals surface area contributed by atoms with Crippen LogP contribution in [0.5, 0.6) is 5.75 Å². The highest BCUT2D eigenvalue weighted by Gasteiger charge is 2.37. The summed E-state index contributed by atoms with van der Waals surface area (Å²) in [5.74, 6) is -0.169. The molecule has 1 N–H and O–H groups in total. The van der Waals surface area contributed by atoms with E-state index in [4.69, 9.17) is 4.74 Å². The number of likely N-dealkylation sites (tertiary alicyclic amines) is 1. The second-order valence-electron chi connectivity index (χ2n) is 9.97. The van der Waals surface area contributed by atoms with Crippen LogP contribution in [0.15, 0.2) is 17.0 Å². The summed E-state index contributed by atoms with van der Waals surface area (Å²) in [5.41, 5.74) is 1.01. The number of rotatable bonds is 5. The first-order chi connectivity index (χ1) is 16.1. The maximum atomic E-state index is 13.5. The van der Waals surface area contributed by atoms with Crippen LogP contribution in [0.2, 0.25) is 0 Å². The smallest absolute Gasteiger partial charge is 0.262 e. The van der Waals surface area contributed by atoms with Crippen LogP contribution in [-0.4, -0.2) is 86.3 Å². The number of fused-ring (bicyclic) bond motifs is 1. The average molecular weight is 493 g/mol. The molecule has 9 nitrogen and oxygen atoms in total. The van der Waals surface area contributed by atoms with Gasteiger partial charge in [-0.05, 0) is 65.1 Å². The molecule has 1 aromatic rings. The molecule has 0 aromatic heterocycles. The Morgan fingerprint density at radius 1 is 1.18 bits per heavy atom. The molecule has 0 saturated carbocycles. The van der Waals surface area contributed by atoms with Crippen LogP contribution in [0.4, 0.5) is 5.69 Å². The number of hydrogen-bond donors (Lipinski definition) is 1. The Morgan fingerprint density at radius 3 is 2.56 bits per heavy atom. The maximum absolute atomic E-state index is 13.5. The highest BCUT2D eigenvalue weighted by atomic mass is 32.2. The Morgan fingerprint density at radius 2 is 1.88 bits per heavy atom. The zero-order chi connectivity index (χ0) is 24.6. The van der Waals surface area contributed by atoms with Gasteiger partial charge in [0.05, 0.1) is 16.5 Å². The van der Waals surface area contributed by atoms with E-state index in [1.165, 1.54) is 10.4 Å². The van der Waals surface area contributed by atoms with Crippen LogP contribution >= 0.6 is 0 Å². The Hall–Kier alpha value is -2.17. The van der Waals surface area contributed by atoms with E-state index >= 15 is 0 Å². The molecule has 10 heteroatoms. The van der Waals surface area contributed by atoms with Gasteiger partial charge in [0.1, 0.15) is 5.75 Å². The van der Waals surface area contributed by atoms with E-state index in [1.54, 1.807) is 13.0 Å². The van der Waals surface area contributed by atoms with Crippen molar-refractivity contribution in [2.75, 3.05) is 45.2 Å². The van der Waals surface area contributed by atoms with Crippen molar-refractivity contribution >= 4 is 27.5 Å². The van der Waals surface area contributed by atoms with Gasteiger partial charge in [0, 0.05) is 44.3 Å². The van der Waals surface area contributed by atoms with Crippen LogP contribution in [0.1, 0.15) is 45.1 Å². The molecule has 0 spiro atoms. The van der Waals surface area contributed by atoms with Gasteiger partial charge in [-0.15, -0.1) is 0 Å². The fourth-order valence-corrected chi connectivity index (χ4v) is 6.91. The molecule has 34 heavy (non-hydrogen) atoms. The highest BCUT2D eigenvalue weighted by Crippen LogP contribution is 2.35. The van der Waals surface area contributed by atoms with Gasteiger partial charge in [0.15, 0.2) is 6.61 Å². The number of hydrogen-bond acceptors (Lipinski definition) is 6. The van der Waals surface area contributed by atoms with Gasteiger partial charge >= 0.3 is 0 Å². The zero-order valence-electron chi connectivity index (χ0n) is 20.5. The van der Waals surface area contributed by atoms with E-state index in [-0.39, 0.29) is 35.8 Å². The fraction of sp³-hybridized carbons (Fsp3) is 0.667. The molecule has 2 fully saturated rings. The summed E-state index contributed by atoms with van der Waals surface area (Å²) in [6.07, 6.45) is 3.24. The summed E-state index contributed by atoms with van der Waals surface area (Å²) in [4.78, 5) is 29.3. The number of anilines is 1. The van der Waals surface area contributed by atoms with Gasteiger partial charge in [-0.2, -0.15) is 4.31 Å². The van der Waals surface area contributed by atoms with E-state index in [9.17, 15) is 18.0 Å². The van der Waals surface area contributed by atoms with E-state index in [1.807, 2.05) is 4.90 Å². The summed E-state index contributed by atoms with van der Waals surface area (Å²) in [7, 11) is -1.67. The van der Waals surface area contributed by atoms with Crippen LogP contribution in [0.3, 0.4) is 0 Å². The number of nitrogens with zero attached hydrogens (tertiary/aromatic N) is 3. The van der Waals surface area contributed by atoms with Gasteiger partial charge < -0.3 is 19.9 Å². The topological polar surface area (TPSA) is 99.3 Å². The quantitative estimate of drug-likeness (QED) is 0.676. The summed E-state index contributed by atoms with van der Waals surface area (Å²) in [6.45, 7) is 7.95. The molecule has 1 aromatic carbocycles. The summed E-state index contributed by atoms with van der Waals surface area (Å²) >= 11 is 0. The first-order valence-corrected chi connectivity index (χ1v) is 13.6. The lowest BCUT2D eigenvalue weighted by Crippen LogP contribution is -2.51. The van der Waals surface area contributed by atoms with Gasteiger partial charge in [0.25, 0.3) is 5.91 Å². The third-order valence-corrected chi connectivity index (χ3v) is 9.43. The van der Waals surface area contributed by atoms with Crippen molar-refractivity contribution in [1.82, 2.24) is 14.1 Å². The largest absolute Gasteiger partial charge is 0.482 e. The normalized spacial score (nSPS) is 22.5. The van der Waals surface area contributed by atoms with Crippen molar-refractivity contribution < 1.29 is 22.7 Å². The Bertz CT molecular complexity index is 1050. The van der Waals surface area contributed by atoms with Gasteiger partial charge in [-0.1, -0.05) is 0 Å². The van der Waals surface area contributed by atoms with Gasteiger partial charge in [-0.25, -0.2) is 8.42 Å². The third kappa shape index (κ3) is 4.94. The van der Waals surface area contributed by atoms with Crippen molar-refractivity contribution in [1.29, 1.82) is 0 Å². The summed E-state index contributed by atoms with van der Waals surface area (Å²) < 4.78 is 33.9. The van der Waals surface area contributed by atoms with Crippen molar-refractivity contribution in [3.63, 3.8) is 0 Å². The molecular formula is C24H36N4O5S. The standard InChI is InChI=1S/C24H36N4O5S/c1-16(2)26(4)19-7-10-27(11-8-19)24(30)18-6-5-9-28(14-18)34(31,32)22-13-21-20(12-17(22)3)25-23(29)15-33-21/h12-13,16,18-19H,5-11,14-15H2,1-4H3,(H,25,29). The molecular weight excluding hydrogens is 456 g/mol. The predicted octanol–water partition coefficient (Wildman–Crippen LogP) is 2.06. The minimum absolute atomic E-state index is 0.0683. The number of amides is 2. The monoisotopic (exact) mass is 492 g/mol. The van der Waals surface area contributed by atoms with Crippen LogP contribution < -0.4 is 10.1 Å². The second-order valence-corrected chi connectivity index (χ2v) is 11.9. The van der Waals surface area contributed by atoms with E-state index < -0.39 is 10.0 Å². The molecule has 3 aliphatic heterocycles. The molecule has 188 valence electrons. The molecule has 1 atom stereocenters. The number of sulfonamides is 1. The lowest BCUT2D eigenvalue weighted by molar-refractivity contribution is -0.138. The van der Waals surface area contributed by atoms with E-state index in [0.717, 1.165) is 25.9 Å². The molecule has 0 radical (unpaired) electrons. The highest BCUT2D eigenvalue weighted by molar-refractivity contribution is 7.89. The first-order valence-electron chi connectivity index (χ1n) is 12.2. The van der Waals surface area contributed by atoms with Crippen molar-refractivity contribution in [2.24, 2.45) is 5.92 Å². The predicted molar refractivity (Wildman–Crippen MR) is 129 cm³/mol. The van der Waals surface area contributed by atoms with Crippen LogP contribution in [0, 0.1) is 12.8 Å². The van der Waals surface area contributed by atoms with E-state index in [2.05, 4.69) is 31.1 Å². The SMILES string of the molecule is Cc1cc2c(cc1S(=O)(=O)N1CCCC(C(=O)N3CCC(N(C)C(C)C)CC3)C1)OCC(=O)N2. The maximum Gasteiger partial charge on any atom is 0.262 e. The second kappa shape index (κ2) is 9.83. The molecule has 2 amide bonds. The van der Waals surface area contributed by atoms with Crippen LogP contribution in [0.25, 0.3) is 0 Å². The molecule has 4 rings (SSSR count). The number of aryl methyl sites for hydroxylation is 1. The zero-order valence-corrected chi connectivity index (χ0v) is 21.4. The Balaban J connectivity index is 1.45. The first kappa shape index (κ1) is 24.9. The lowest BCUT2D eigenvalue weighted by atomic mass is 9.95. The minimum Gasteiger partial charge on any atom is -0.482 e. The molecule has 1 unspecified atom stereocenters. The average Bonchev–Trinajstić information content (AvgIpc) is 2.82. The number of benzene rings is 1. The summed E-state index contributed by atoms with van der Waals surface area (Å²) in [5, 5.41) is 2.71. The number of carbonyl (C=O) groups excluding carboxylic acids is 2. The van der Waals surface area contributed by atoms with Gasteiger partial charge in [-0.3, -0.25) is 9.59 Å². The lowest BCUT2D eigenvalue weighted by Gasteiger charge is -2.40. The number of nitrogens with one attached hydrogen (secondary N) is 1. The molecule has 3 heterocycles. The molecule has 0 aliphatic carbocycles. The van der Waals surface area contributed by atoms with Crippen molar-refractivity contribution in [2.45, 2.75) is 63.4 Å². The number of carbonyl (C=O) groups is 2. The molecule has 3 aliphatic rings. The Kier molecular flexibility index (Phi) is 7.21. The fourth-order valence-electron chi connectivity index (χ4n) is 5.17. The van der Waals surface area contributed by atoms with Crippen molar-refractivity contribution in [3.8, 4) is 5.75 Å². The van der Waals surface area contributed by atoms with Crippen molar-refractivity contribution in [3.05, 3.63) is 17.7 Å². The Labute approximate surface area is 202 Å². The van der Waals surface area contributed by atoms with Crippen LogP contribution in [-0.2, 0) is 19.6 Å². The number of ether oxygens (including phenoxy) is 1. The number of piperidine rings is 2. The van der Waals surface area contributed by atoms with E-state index in [0.29, 0.717) is 48.5 Å². The molecule has 2 saturated heterocycles. The summed E-state index contributed by atoms with van der Waals surface area (Å²) in [6, 6.07) is 4.06. The van der Waals surface area contributed by atoms with Gasteiger partial charge in [0.2, 0.25) is 15.9 Å². The minimum atomic E-state index is -3.80.